The molecule has 0 saturated carbocycles. The Morgan fingerprint density at radius 1 is 1.35 bits per heavy atom. The number of rotatable bonds is 6. The van der Waals surface area contributed by atoms with E-state index in [1.165, 1.54) is 31.0 Å². The SMILES string of the molecule is CC[C@@H](C)c1nc2ccc(Br)cc2c(=O)n1N=Cc1cc(Cl)cc(OC)c1OC(C)=O. The van der Waals surface area contributed by atoms with Crippen LogP contribution in [0.15, 0.2) is 44.7 Å². The van der Waals surface area contributed by atoms with Gasteiger partial charge in [0.15, 0.2) is 11.5 Å². The number of halogens is 2. The summed E-state index contributed by atoms with van der Waals surface area (Å²) in [5.41, 5.74) is 0.678. The Hall–Kier alpha value is -2.71. The van der Waals surface area contributed by atoms with E-state index in [2.05, 4.69) is 26.0 Å². The van der Waals surface area contributed by atoms with Crippen LogP contribution in [0.4, 0.5) is 0 Å². The summed E-state index contributed by atoms with van der Waals surface area (Å²) in [5.74, 6) is 0.434. The minimum absolute atomic E-state index is 0.0141. The molecule has 0 aliphatic rings. The van der Waals surface area contributed by atoms with E-state index in [4.69, 9.17) is 21.1 Å². The Balaban J connectivity index is 2.23. The van der Waals surface area contributed by atoms with Crippen molar-refractivity contribution in [3.05, 3.63) is 61.6 Å². The monoisotopic (exact) mass is 505 g/mol. The summed E-state index contributed by atoms with van der Waals surface area (Å²) >= 11 is 9.57. The van der Waals surface area contributed by atoms with Gasteiger partial charge in [0.2, 0.25) is 0 Å². The molecule has 1 atom stereocenters. The van der Waals surface area contributed by atoms with Crippen LogP contribution in [0.3, 0.4) is 0 Å². The Kier molecular flexibility index (Phi) is 7.12. The molecule has 0 amide bonds. The number of carbonyl (C=O) groups excluding carboxylic acids is 1. The van der Waals surface area contributed by atoms with Gasteiger partial charge < -0.3 is 9.47 Å². The number of hydrogen-bond donors (Lipinski definition) is 0. The van der Waals surface area contributed by atoms with Gasteiger partial charge in [-0.15, -0.1) is 0 Å². The van der Waals surface area contributed by atoms with Gasteiger partial charge in [0.25, 0.3) is 5.56 Å². The van der Waals surface area contributed by atoms with Gasteiger partial charge in [-0.2, -0.15) is 9.78 Å². The zero-order chi connectivity index (χ0) is 22.7. The molecular formula is C22H21BrClN3O4. The maximum absolute atomic E-state index is 13.2. The van der Waals surface area contributed by atoms with Crippen LogP contribution in [0, 0.1) is 0 Å². The van der Waals surface area contributed by atoms with E-state index in [9.17, 15) is 9.59 Å². The van der Waals surface area contributed by atoms with Gasteiger partial charge in [0.05, 0.1) is 24.2 Å². The average molecular weight is 507 g/mol. The van der Waals surface area contributed by atoms with Gasteiger partial charge in [-0.25, -0.2) is 4.98 Å². The predicted molar refractivity (Wildman–Crippen MR) is 125 cm³/mol. The molecule has 3 aromatic rings. The second kappa shape index (κ2) is 9.62. The largest absolute Gasteiger partial charge is 0.493 e. The maximum atomic E-state index is 13.2. The summed E-state index contributed by atoms with van der Waals surface area (Å²) in [5, 5.41) is 5.20. The fourth-order valence-corrected chi connectivity index (χ4v) is 3.57. The minimum Gasteiger partial charge on any atom is -0.493 e. The van der Waals surface area contributed by atoms with E-state index in [1.54, 1.807) is 18.2 Å². The first kappa shape index (κ1) is 23.0. The van der Waals surface area contributed by atoms with E-state index in [0.717, 1.165) is 10.9 Å². The van der Waals surface area contributed by atoms with Crippen LogP contribution in [-0.2, 0) is 4.79 Å². The van der Waals surface area contributed by atoms with Crippen molar-refractivity contribution in [2.75, 3.05) is 7.11 Å². The van der Waals surface area contributed by atoms with Crippen molar-refractivity contribution in [3.8, 4) is 11.5 Å². The normalized spacial score (nSPS) is 12.3. The number of esters is 1. The zero-order valence-corrected chi connectivity index (χ0v) is 19.8. The summed E-state index contributed by atoms with van der Waals surface area (Å²) < 4.78 is 12.6. The minimum atomic E-state index is -0.523. The number of benzene rings is 2. The number of aromatic nitrogens is 2. The molecule has 0 spiro atoms. The van der Waals surface area contributed by atoms with Crippen LogP contribution in [0.2, 0.25) is 5.02 Å². The van der Waals surface area contributed by atoms with Crippen LogP contribution in [-0.4, -0.2) is 29.0 Å². The summed E-state index contributed by atoms with van der Waals surface area (Å²) in [4.78, 5) is 29.5. The first-order valence-electron chi connectivity index (χ1n) is 9.57. The van der Waals surface area contributed by atoms with Gasteiger partial charge in [-0.3, -0.25) is 9.59 Å². The quantitative estimate of drug-likeness (QED) is 0.263. The van der Waals surface area contributed by atoms with Crippen molar-refractivity contribution in [1.29, 1.82) is 0 Å². The predicted octanol–water partition coefficient (Wildman–Crippen LogP) is 5.14. The molecule has 1 heterocycles. The Bertz CT molecular complexity index is 1240. The lowest BCUT2D eigenvalue weighted by Gasteiger charge is -2.14. The molecule has 9 heteroatoms. The molecule has 3 rings (SSSR count). The zero-order valence-electron chi connectivity index (χ0n) is 17.5. The fraction of sp³-hybridized carbons (Fsp3) is 0.273. The van der Waals surface area contributed by atoms with Crippen LogP contribution in [0.25, 0.3) is 10.9 Å². The molecule has 0 radical (unpaired) electrons. The van der Waals surface area contributed by atoms with E-state index in [0.29, 0.717) is 27.3 Å². The van der Waals surface area contributed by atoms with E-state index in [-0.39, 0.29) is 23.0 Å². The van der Waals surface area contributed by atoms with Gasteiger partial charge >= 0.3 is 5.97 Å². The van der Waals surface area contributed by atoms with Crippen molar-refractivity contribution < 1.29 is 14.3 Å². The molecule has 2 aromatic carbocycles. The Labute approximate surface area is 192 Å². The lowest BCUT2D eigenvalue weighted by molar-refractivity contribution is -0.132. The highest BCUT2D eigenvalue weighted by molar-refractivity contribution is 9.10. The lowest BCUT2D eigenvalue weighted by atomic mass is 10.1. The molecule has 0 unspecified atom stereocenters. The fourth-order valence-electron chi connectivity index (χ4n) is 2.99. The van der Waals surface area contributed by atoms with Gasteiger partial charge in [-0.05, 0) is 30.7 Å². The Morgan fingerprint density at radius 3 is 2.74 bits per heavy atom. The highest BCUT2D eigenvalue weighted by Gasteiger charge is 2.17. The van der Waals surface area contributed by atoms with Crippen molar-refractivity contribution in [3.63, 3.8) is 0 Å². The number of carbonyl (C=O) groups is 1. The highest BCUT2D eigenvalue weighted by atomic mass is 79.9. The number of hydrogen-bond acceptors (Lipinski definition) is 6. The van der Waals surface area contributed by atoms with Gasteiger partial charge in [0.1, 0.15) is 5.82 Å². The molecule has 162 valence electrons. The molecule has 31 heavy (non-hydrogen) atoms. The topological polar surface area (TPSA) is 82.8 Å². The molecular weight excluding hydrogens is 486 g/mol. The molecule has 1 aromatic heterocycles. The number of nitrogens with zero attached hydrogens (tertiary/aromatic N) is 3. The van der Waals surface area contributed by atoms with Crippen molar-refractivity contribution in [2.45, 2.75) is 33.1 Å². The lowest BCUT2D eigenvalue weighted by Crippen LogP contribution is -2.23. The van der Waals surface area contributed by atoms with Crippen molar-refractivity contribution >= 4 is 50.6 Å². The van der Waals surface area contributed by atoms with Crippen LogP contribution in [0.5, 0.6) is 11.5 Å². The third-order valence-electron chi connectivity index (χ3n) is 4.71. The molecule has 0 aliphatic carbocycles. The van der Waals surface area contributed by atoms with E-state index >= 15 is 0 Å². The van der Waals surface area contributed by atoms with Crippen LogP contribution in [0.1, 0.15) is 44.5 Å². The number of fused-ring (bicyclic) bond motifs is 1. The van der Waals surface area contributed by atoms with E-state index in [1.807, 2.05) is 19.9 Å². The number of ether oxygens (including phenoxy) is 2. The molecule has 0 aliphatic heterocycles. The molecule has 0 saturated heterocycles. The van der Waals surface area contributed by atoms with Gasteiger partial charge in [-0.1, -0.05) is 41.4 Å². The third-order valence-corrected chi connectivity index (χ3v) is 5.42. The smallest absolute Gasteiger partial charge is 0.308 e. The van der Waals surface area contributed by atoms with Gasteiger partial charge in [0, 0.05) is 34.0 Å². The first-order chi connectivity index (χ1) is 14.7. The standard InChI is InChI=1S/C22H21BrClN3O4/c1-5-12(2)21-26-18-7-6-15(23)9-17(18)22(29)27(21)25-11-14-8-16(24)10-19(30-4)20(14)31-13(3)28/h6-12H,5H2,1-4H3/t12-/m1/s1. The van der Waals surface area contributed by atoms with E-state index < -0.39 is 5.97 Å². The maximum Gasteiger partial charge on any atom is 0.308 e. The summed E-state index contributed by atoms with van der Waals surface area (Å²) in [6.45, 7) is 5.27. The summed E-state index contributed by atoms with van der Waals surface area (Å²) in [6.07, 6.45) is 2.18. The number of methoxy groups -OCH3 is 1. The van der Waals surface area contributed by atoms with Crippen LogP contribution >= 0.6 is 27.5 Å². The third kappa shape index (κ3) is 4.97. The van der Waals surface area contributed by atoms with Crippen molar-refractivity contribution in [2.24, 2.45) is 5.10 Å². The van der Waals surface area contributed by atoms with Crippen molar-refractivity contribution in [1.82, 2.24) is 9.66 Å². The summed E-state index contributed by atoms with van der Waals surface area (Å²) in [6, 6.07) is 8.45. The molecule has 0 bridgehead atoms. The molecule has 0 N–H and O–H groups in total. The Morgan fingerprint density at radius 2 is 2.10 bits per heavy atom. The molecule has 0 fully saturated rings. The second-order valence-electron chi connectivity index (χ2n) is 6.92. The summed E-state index contributed by atoms with van der Waals surface area (Å²) in [7, 11) is 1.44. The second-order valence-corrected chi connectivity index (χ2v) is 8.27. The van der Waals surface area contributed by atoms with Crippen LogP contribution < -0.4 is 15.0 Å². The average Bonchev–Trinajstić information content (AvgIpc) is 2.73. The highest BCUT2D eigenvalue weighted by Crippen LogP contribution is 2.34. The first-order valence-corrected chi connectivity index (χ1v) is 10.7. The molecule has 7 nitrogen and oxygen atoms in total.